The Bertz CT molecular complexity index is 1480. The number of hydrogen-bond donors (Lipinski definition) is 1. The maximum Gasteiger partial charge on any atom is 0.266 e. The summed E-state index contributed by atoms with van der Waals surface area (Å²) in [6.07, 6.45) is 1.52. The maximum atomic E-state index is 12.9. The van der Waals surface area contributed by atoms with Crippen molar-refractivity contribution in [3.05, 3.63) is 105 Å². The van der Waals surface area contributed by atoms with Crippen LogP contribution in [0.1, 0.15) is 18.1 Å². The Morgan fingerprint density at radius 3 is 2.44 bits per heavy atom. The van der Waals surface area contributed by atoms with Gasteiger partial charge in [0.15, 0.2) is 11.5 Å². The molecule has 0 atom stereocenters. The monoisotopic (exact) mass is 560 g/mol. The van der Waals surface area contributed by atoms with Crippen LogP contribution in [-0.4, -0.2) is 12.5 Å². The summed E-state index contributed by atoms with van der Waals surface area (Å²) in [5.74, 6) is 0.545. The van der Waals surface area contributed by atoms with E-state index in [9.17, 15) is 10.1 Å². The number of carbonyl (C=O) groups excluding carboxylic acids is 1. The van der Waals surface area contributed by atoms with Gasteiger partial charge in [-0.15, -0.1) is 0 Å². The lowest BCUT2D eigenvalue weighted by Crippen LogP contribution is -2.13. The molecule has 0 saturated heterocycles. The zero-order chi connectivity index (χ0) is 25.5. The van der Waals surface area contributed by atoms with E-state index in [4.69, 9.17) is 21.1 Å². The quantitative estimate of drug-likeness (QED) is 0.176. The smallest absolute Gasteiger partial charge is 0.266 e. The Hall–Kier alpha value is -3.79. The van der Waals surface area contributed by atoms with E-state index in [0.29, 0.717) is 45.5 Å². The molecule has 0 spiro atoms. The van der Waals surface area contributed by atoms with E-state index >= 15 is 0 Å². The van der Waals surface area contributed by atoms with Gasteiger partial charge in [0.25, 0.3) is 5.91 Å². The molecule has 7 heteroatoms. The van der Waals surface area contributed by atoms with E-state index in [1.54, 1.807) is 24.3 Å². The van der Waals surface area contributed by atoms with Crippen LogP contribution in [0.5, 0.6) is 11.5 Å². The van der Waals surface area contributed by atoms with Gasteiger partial charge in [-0.05, 0) is 71.3 Å². The van der Waals surface area contributed by atoms with Gasteiger partial charge in [-0.1, -0.05) is 70.0 Å². The Morgan fingerprint density at radius 2 is 1.72 bits per heavy atom. The SMILES string of the molecule is CCOc1cc(/C=C(\C#N)C(=O)Nc2ccc3ccccc3c2)c(Br)cc1OCc1ccc(Cl)cc1. The lowest BCUT2D eigenvalue weighted by Gasteiger charge is -2.14. The summed E-state index contributed by atoms with van der Waals surface area (Å²) in [4.78, 5) is 12.9. The van der Waals surface area contributed by atoms with Crippen LogP contribution in [0.25, 0.3) is 16.8 Å². The minimum Gasteiger partial charge on any atom is -0.490 e. The van der Waals surface area contributed by atoms with Gasteiger partial charge in [0.2, 0.25) is 0 Å². The zero-order valence-corrected chi connectivity index (χ0v) is 21.8. The van der Waals surface area contributed by atoms with Gasteiger partial charge >= 0.3 is 0 Å². The second kappa shape index (κ2) is 11.8. The number of fused-ring (bicyclic) bond motifs is 1. The van der Waals surface area contributed by atoms with Crippen LogP contribution in [0.3, 0.4) is 0 Å². The third-order valence-corrected chi connectivity index (χ3v) is 6.28. The number of rotatable bonds is 8. The van der Waals surface area contributed by atoms with Crippen molar-refractivity contribution >= 4 is 56.0 Å². The number of halogens is 2. The summed E-state index contributed by atoms with van der Waals surface area (Å²) in [6, 6.07) is 26.4. The summed E-state index contributed by atoms with van der Waals surface area (Å²) in [5, 5.41) is 15.2. The van der Waals surface area contributed by atoms with Crippen molar-refractivity contribution in [2.75, 3.05) is 11.9 Å². The molecule has 36 heavy (non-hydrogen) atoms. The average molecular weight is 562 g/mol. The minimum atomic E-state index is -0.499. The number of amides is 1. The first-order valence-corrected chi connectivity index (χ1v) is 12.4. The Kier molecular flexibility index (Phi) is 8.27. The number of ether oxygens (including phenoxy) is 2. The normalized spacial score (nSPS) is 11.1. The molecule has 1 amide bonds. The number of nitrogens with zero attached hydrogens (tertiary/aromatic N) is 1. The number of nitriles is 1. The Labute approximate surface area is 223 Å². The summed E-state index contributed by atoms with van der Waals surface area (Å²) < 4.78 is 12.4. The summed E-state index contributed by atoms with van der Waals surface area (Å²) in [5.41, 5.74) is 2.14. The van der Waals surface area contributed by atoms with Crippen molar-refractivity contribution in [3.63, 3.8) is 0 Å². The molecule has 0 heterocycles. The van der Waals surface area contributed by atoms with Gasteiger partial charge in [-0.25, -0.2) is 0 Å². The molecular weight excluding hydrogens is 540 g/mol. The van der Waals surface area contributed by atoms with Gasteiger partial charge in [-0.2, -0.15) is 5.26 Å². The molecule has 0 bridgehead atoms. The molecule has 180 valence electrons. The standard InChI is InChI=1S/C29H22BrClN2O3/c1-2-35-27-15-22(26(30)16-28(27)36-18-19-7-10-24(31)11-8-19)13-23(17-32)29(34)33-25-12-9-20-5-3-4-6-21(20)14-25/h3-16H,2,18H2,1H3,(H,33,34)/b23-13+. The van der Waals surface area contributed by atoms with Crippen LogP contribution >= 0.6 is 27.5 Å². The number of anilines is 1. The fraction of sp³-hybridized carbons (Fsp3) is 0.103. The van der Waals surface area contributed by atoms with Crippen molar-refractivity contribution in [3.8, 4) is 17.6 Å². The average Bonchev–Trinajstić information content (AvgIpc) is 2.88. The molecule has 4 aromatic carbocycles. The number of hydrogen-bond acceptors (Lipinski definition) is 4. The summed E-state index contributed by atoms with van der Waals surface area (Å²) in [6.45, 7) is 2.63. The summed E-state index contributed by atoms with van der Waals surface area (Å²) >= 11 is 9.48. The van der Waals surface area contributed by atoms with Crippen molar-refractivity contribution in [2.45, 2.75) is 13.5 Å². The van der Waals surface area contributed by atoms with E-state index in [1.165, 1.54) is 6.08 Å². The van der Waals surface area contributed by atoms with E-state index in [0.717, 1.165) is 16.3 Å². The molecule has 1 N–H and O–H groups in total. The fourth-order valence-electron chi connectivity index (χ4n) is 3.55. The highest BCUT2D eigenvalue weighted by Crippen LogP contribution is 2.35. The maximum absolute atomic E-state index is 12.9. The first kappa shape index (κ1) is 25.3. The lowest BCUT2D eigenvalue weighted by atomic mass is 10.1. The molecule has 4 rings (SSSR count). The second-order valence-electron chi connectivity index (χ2n) is 7.85. The molecular formula is C29H22BrClN2O3. The molecule has 4 aromatic rings. The molecule has 0 aromatic heterocycles. The number of benzene rings is 4. The number of carbonyl (C=O) groups is 1. The molecule has 0 aliphatic carbocycles. The third-order valence-electron chi connectivity index (χ3n) is 5.34. The fourth-order valence-corrected chi connectivity index (χ4v) is 4.12. The van der Waals surface area contributed by atoms with Crippen LogP contribution in [0.4, 0.5) is 5.69 Å². The molecule has 5 nitrogen and oxygen atoms in total. The van der Waals surface area contributed by atoms with Crippen LogP contribution in [-0.2, 0) is 11.4 Å². The predicted octanol–water partition coefficient (Wildman–Crippen LogP) is 7.78. The highest BCUT2D eigenvalue weighted by Gasteiger charge is 2.15. The van der Waals surface area contributed by atoms with Gasteiger partial charge in [-0.3, -0.25) is 4.79 Å². The Balaban J connectivity index is 1.56. The van der Waals surface area contributed by atoms with E-state index < -0.39 is 5.91 Å². The van der Waals surface area contributed by atoms with Crippen molar-refractivity contribution in [1.29, 1.82) is 5.26 Å². The largest absolute Gasteiger partial charge is 0.490 e. The van der Waals surface area contributed by atoms with E-state index in [-0.39, 0.29) is 5.57 Å². The number of nitrogens with one attached hydrogen (secondary N) is 1. The van der Waals surface area contributed by atoms with Gasteiger partial charge < -0.3 is 14.8 Å². The molecule has 0 aliphatic rings. The van der Waals surface area contributed by atoms with Crippen LogP contribution < -0.4 is 14.8 Å². The predicted molar refractivity (Wildman–Crippen MR) is 147 cm³/mol. The molecule has 0 fully saturated rings. The van der Waals surface area contributed by atoms with Gasteiger partial charge in [0.1, 0.15) is 18.2 Å². The van der Waals surface area contributed by atoms with Crippen LogP contribution in [0.15, 0.2) is 88.9 Å². The lowest BCUT2D eigenvalue weighted by molar-refractivity contribution is -0.112. The highest BCUT2D eigenvalue weighted by atomic mass is 79.9. The molecule has 0 aliphatic heterocycles. The van der Waals surface area contributed by atoms with Crippen molar-refractivity contribution in [1.82, 2.24) is 0 Å². The van der Waals surface area contributed by atoms with E-state index in [2.05, 4.69) is 21.2 Å². The third kappa shape index (κ3) is 6.25. The van der Waals surface area contributed by atoms with Gasteiger partial charge in [0.05, 0.1) is 6.61 Å². The van der Waals surface area contributed by atoms with Crippen molar-refractivity contribution < 1.29 is 14.3 Å². The topological polar surface area (TPSA) is 71.3 Å². The highest BCUT2D eigenvalue weighted by molar-refractivity contribution is 9.10. The first-order valence-electron chi connectivity index (χ1n) is 11.2. The van der Waals surface area contributed by atoms with E-state index in [1.807, 2.05) is 67.6 Å². The van der Waals surface area contributed by atoms with Crippen molar-refractivity contribution in [2.24, 2.45) is 0 Å². The molecule has 0 saturated carbocycles. The van der Waals surface area contributed by atoms with Gasteiger partial charge in [0, 0.05) is 15.2 Å². The second-order valence-corrected chi connectivity index (χ2v) is 9.15. The zero-order valence-electron chi connectivity index (χ0n) is 19.4. The van der Waals surface area contributed by atoms with Crippen LogP contribution in [0.2, 0.25) is 5.02 Å². The molecule has 0 radical (unpaired) electrons. The molecule has 0 unspecified atom stereocenters. The minimum absolute atomic E-state index is 0.0406. The van der Waals surface area contributed by atoms with Crippen LogP contribution in [0, 0.1) is 11.3 Å². The Morgan fingerprint density at radius 1 is 1.00 bits per heavy atom. The first-order chi connectivity index (χ1) is 17.5. The summed E-state index contributed by atoms with van der Waals surface area (Å²) in [7, 11) is 0.